The molecule has 1 aromatic carbocycles. The topological polar surface area (TPSA) is 61.3 Å². The molecule has 18 heavy (non-hydrogen) atoms. The van der Waals surface area contributed by atoms with Gasteiger partial charge >= 0.3 is 5.76 Å². The molecule has 1 aliphatic heterocycles. The molecule has 0 atom stereocenters. The molecule has 1 aliphatic rings. The van der Waals surface area contributed by atoms with Crippen molar-refractivity contribution in [1.82, 2.24) is 10.3 Å². The summed E-state index contributed by atoms with van der Waals surface area (Å²) in [5.41, 5.74) is 4.89. The minimum Gasteiger partial charge on any atom is -0.408 e. The van der Waals surface area contributed by atoms with Gasteiger partial charge in [-0.2, -0.15) is 0 Å². The number of hydrogen-bond donors (Lipinski definition) is 2. The standard InChI is InChI=1S/C13H17N3O2/c1-8-9(2)12-10(15-13(17)18-12)7-11(8)16-5-3-14-4-6-16/h7,14H,3-6H2,1-2H3,(H,15,17). The highest BCUT2D eigenvalue weighted by molar-refractivity contribution is 5.83. The SMILES string of the molecule is Cc1c(N2CCNCC2)cc2[nH]c(=O)oc2c1C. The molecule has 96 valence electrons. The third kappa shape index (κ3) is 1.71. The number of nitrogens with zero attached hydrogens (tertiary/aromatic N) is 1. The second-order valence-corrected chi connectivity index (χ2v) is 4.77. The number of anilines is 1. The zero-order valence-corrected chi connectivity index (χ0v) is 10.7. The van der Waals surface area contributed by atoms with Gasteiger partial charge in [-0.05, 0) is 31.0 Å². The van der Waals surface area contributed by atoms with Crippen LogP contribution in [0, 0.1) is 13.8 Å². The Balaban J connectivity index is 2.16. The van der Waals surface area contributed by atoms with Gasteiger partial charge in [-0.3, -0.25) is 4.98 Å². The summed E-state index contributed by atoms with van der Waals surface area (Å²) in [5.74, 6) is -0.384. The first-order chi connectivity index (χ1) is 8.66. The van der Waals surface area contributed by atoms with E-state index in [4.69, 9.17) is 4.42 Å². The highest BCUT2D eigenvalue weighted by atomic mass is 16.4. The molecule has 3 rings (SSSR count). The smallest absolute Gasteiger partial charge is 0.408 e. The van der Waals surface area contributed by atoms with Crippen LogP contribution in [0.2, 0.25) is 0 Å². The summed E-state index contributed by atoms with van der Waals surface area (Å²) >= 11 is 0. The molecule has 0 radical (unpaired) electrons. The minimum absolute atomic E-state index is 0.384. The fourth-order valence-corrected chi connectivity index (χ4v) is 2.56. The first kappa shape index (κ1) is 11.3. The van der Waals surface area contributed by atoms with Crippen molar-refractivity contribution in [2.24, 2.45) is 0 Å². The van der Waals surface area contributed by atoms with Gasteiger partial charge in [0.1, 0.15) is 0 Å². The van der Waals surface area contributed by atoms with Crippen LogP contribution in [0.3, 0.4) is 0 Å². The number of benzene rings is 1. The zero-order chi connectivity index (χ0) is 12.7. The Morgan fingerprint density at radius 1 is 1.22 bits per heavy atom. The third-order valence-electron chi connectivity index (χ3n) is 3.70. The lowest BCUT2D eigenvalue weighted by Crippen LogP contribution is -2.43. The Bertz CT molecular complexity index is 635. The lowest BCUT2D eigenvalue weighted by Gasteiger charge is -2.31. The van der Waals surface area contributed by atoms with Crippen molar-refractivity contribution in [3.63, 3.8) is 0 Å². The molecule has 0 bridgehead atoms. The summed E-state index contributed by atoms with van der Waals surface area (Å²) in [4.78, 5) is 16.4. The molecule has 0 unspecified atom stereocenters. The van der Waals surface area contributed by atoms with Crippen molar-refractivity contribution in [3.8, 4) is 0 Å². The average molecular weight is 247 g/mol. The molecule has 2 N–H and O–H groups in total. The van der Waals surface area contributed by atoms with Crippen molar-refractivity contribution in [2.75, 3.05) is 31.1 Å². The van der Waals surface area contributed by atoms with Crippen LogP contribution in [0.4, 0.5) is 5.69 Å². The maximum absolute atomic E-state index is 11.3. The van der Waals surface area contributed by atoms with E-state index < -0.39 is 0 Å². The second-order valence-electron chi connectivity index (χ2n) is 4.77. The molecule has 1 fully saturated rings. The van der Waals surface area contributed by atoms with Gasteiger partial charge in [0.2, 0.25) is 0 Å². The summed E-state index contributed by atoms with van der Waals surface area (Å²) in [5, 5.41) is 3.34. The summed E-state index contributed by atoms with van der Waals surface area (Å²) in [7, 11) is 0. The number of aryl methyl sites for hydroxylation is 1. The summed E-state index contributed by atoms with van der Waals surface area (Å²) < 4.78 is 5.18. The molecule has 0 amide bonds. The summed E-state index contributed by atoms with van der Waals surface area (Å²) in [6, 6.07) is 2.02. The largest absolute Gasteiger partial charge is 0.417 e. The van der Waals surface area contributed by atoms with E-state index in [0.29, 0.717) is 5.58 Å². The van der Waals surface area contributed by atoms with Crippen molar-refractivity contribution in [2.45, 2.75) is 13.8 Å². The van der Waals surface area contributed by atoms with Gasteiger partial charge in [0.05, 0.1) is 5.52 Å². The molecule has 5 nitrogen and oxygen atoms in total. The monoisotopic (exact) mass is 247 g/mol. The lowest BCUT2D eigenvalue weighted by atomic mass is 10.1. The van der Waals surface area contributed by atoms with Crippen LogP contribution in [-0.2, 0) is 0 Å². The molecule has 2 aromatic rings. The number of fused-ring (bicyclic) bond motifs is 1. The van der Waals surface area contributed by atoms with Gasteiger partial charge < -0.3 is 14.6 Å². The van der Waals surface area contributed by atoms with Crippen molar-refractivity contribution in [1.29, 1.82) is 0 Å². The Morgan fingerprint density at radius 2 is 1.94 bits per heavy atom. The molecule has 0 spiro atoms. The number of rotatable bonds is 1. The van der Waals surface area contributed by atoms with Crippen LogP contribution in [0.25, 0.3) is 11.1 Å². The summed E-state index contributed by atoms with van der Waals surface area (Å²) in [6.45, 7) is 8.07. The highest BCUT2D eigenvalue weighted by Gasteiger charge is 2.17. The van der Waals surface area contributed by atoms with Gasteiger partial charge in [-0.25, -0.2) is 4.79 Å². The number of aromatic nitrogens is 1. The number of piperazine rings is 1. The Kier molecular flexibility index (Phi) is 2.63. The van der Waals surface area contributed by atoms with E-state index in [1.165, 1.54) is 11.3 Å². The number of aromatic amines is 1. The van der Waals surface area contributed by atoms with E-state index in [1.54, 1.807) is 0 Å². The van der Waals surface area contributed by atoms with Crippen molar-refractivity contribution in [3.05, 3.63) is 27.7 Å². The maximum atomic E-state index is 11.3. The van der Waals surface area contributed by atoms with Crippen molar-refractivity contribution >= 4 is 16.8 Å². The van der Waals surface area contributed by atoms with E-state index >= 15 is 0 Å². The van der Waals surface area contributed by atoms with Crippen LogP contribution in [0.1, 0.15) is 11.1 Å². The molecule has 2 heterocycles. The highest BCUT2D eigenvalue weighted by Crippen LogP contribution is 2.29. The van der Waals surface area contributed by atoms with E-state index in [-0.39, 0.29) is 5.76 Å². The molecule has 1 aromatic heterocycles. The first-order valence-electron chi connectivity index (χ1n) is 6.25. The van der Waals surface area contributed by atoms with Crippen LogP contribution < -0.4 is 16.0 Å². The predicted octanol–water partition coefficient (Wildman–Crippen LogP) is 1.15. The van der Waals surface area contributed by atoms with Gasteiger partial charge in [0, 0.05) is 31.9 Å². The lowest BCUT2D eigenvalue weighted by molar-refractivity contribution is 0.553. The quantitative estimate of drug-likeness (QED) is 0.793. The average Bonchev–Trinajstić information content (AvgIpc) is 2.76. The minimum atomic E-state index is -0.384. The van der Waals surface area contributed by atoms with Crippen molar-refractivity contribution < 1.29 is 4.42 Å². The number of hydrogen-bond acceptors (Lipinski definition) is 4. The van der Waals surface area contributed by atoms with Crippen LogP contribution in [0.15, 0.2) is 15.3 Å². The van der Waals surface area contributed by atoms with Gasteiger partial charge in [-0.1, -0.05) is 0 Å². The van der Waals surface area contributed by atoms with Gasteiger partial charge in [0.25, 0.3) is 0 Å². The molecule has 1 saturated heterocycles. The summed E-state index contributed by atoms with van der Waals surface area (Å²) in [6.07, 6.45) is 0. The molecular formula is C13H17N3O2. The zero-order valence-electron chi connectivity index (χ0n) is 10.7. The second kappa shape index (κ2) is 4.17. The Morgan fingerprint density at radius 3 is 2.67 bits per heavy atom. The Hall–Kier alpha value is -1.75. The van der Waals surface area contributed by atoms with Crippen LogP contribution in [-0.4, -0.2) is 31.2 Å². The van der Waals surface area contributed by atoms with Gasteiger partial charge in [0.15, 0.2) is 5.58 Å². The first-order valence-corrected chi connectivity index (χ1v) is 6.25. The van der Waals surface area contributed by atoms with E-state index in [0.717, 1.165) is 37.3 Å². The Labute approximate surface area is 105 Å². The fourth-order valence-electron chi connectivity index (χ4n) is 2.56. The fraction of sp³-hybridized carbons (Fsp3) is 0.462. The van der Waals surface area contributed by atoms with E-state index in [1.807, 2.05) is 13.0 Å². The van der Waals surface area contributed by atoms with Crippen LogP contribution in [0.5, 0.6) is 0 Å². The number of oxazole rings is 1. The normalized spacial score (nSPS) is 16.4. The predicted molar refractivity (Wildman–Crippen MR) is 71.4 cm³/mol. The van der Waals surface area contributed by atoms with E-state index in [9.17, 15) is 4.79 Å². The number of H-pyrrole nitrogens is 1. The number of nitrogens with one attached hydrogen (secondary N) is 2. The molecule has 0 saturated carbocycles. The third-order valence-corrected chi connectivity index (χ3v) is 3.70. The molecular weight excluding hydrogens is 230 g/mol. The molecule has 5 heteroatoms. The maximum Gasteiger partial charge on any atom is 0.417 e. The van der Waals surface area contributed by atoms with Gasteiger partial charge in [-0.15, -0.1) is 0 Å². The molecule has 0 aliphatic carbocycles. The van der Waals surface area contributed by atoms with Crippen LogP contribution >= 0.6 is 0 Å². The van der Waals surface area contributed by atoms with E-state index in [2.05, 4.69) is 22.1 Å².